The Bertz CT molecular complexity index is 2660. The highest BCUT2D eigenvalue weighted by Gasteiger charge is 2.49. The van der Waals surface area contributed by atoms with Crippen LogP contribution in [-0.4, -0.2) is 9.97 Å². The van der Waals surface area contributed by atoms with Gasteiger partial charge < -0.3 is 0 Å². The molecule has 0 aliphatic heterocycles. The molecular formula is C48H29N3. The van der Waals surface area contributed by atoms with Crippen LogP contribution in [0.2, 0.25) is 0 Å². The van der Waals surface area contributed by atoms with Crippen molar-refractivity contribution in [3.05, 3.63) is 204 Å². The highest BCUT2D eigenvalue weighted by Crippen LogP contribution is 2.61. The van der Waals surface area contributed by atoms with Crippen molar-refractivity contribution in [3.8, 4) is 73.4 Å². The van der Waals surface area contributed by atoms with Crippen molar-refractivity contribution in [1.29, 1.82) is 5.26 Å². The van der Waals surface area contributed by atoms with Gasteiger partial charge in [0, 0.05) is 16.7 Å². The molecule has 1 aromatic heterocycles. The molecule has 0 saturated carbocycles. The lowest BCUT2D eigenvalue weighted by Gasteiger charge is -2.35. The molecule has 0 amide bonds. The average molecular weight is 648 g/mol. The van der Waals surface area contributed by atoms with Gasteiger partial charge in [0.15, 0.2) is 5.82 Å². The highest BCUT2D eigenvalue weighted by molar-refractivity contribution is 5.98. The van der Waals surface area contributed by atoms with E-state index in [1.54, 1.807) is 0 Å². The molecule has 0 radical (unpaired) electrons. The van der Waals surface area contributed by atoms with Crippen molar-refractivity contribution in [2.45, 2.75) is 5.41 Å². The van der Waals surface area contributed by atoms with E-state index in [-0.39, 0.29) is 0 Å². The van der Waals surface area contributed by atoms with E-state index >= 15 is 0 Å². The molecule has 10 rings (SSSR count). The first-order valence-electron chi connectivity index (χ1n) is 17.2. The second-order valence-electron chi connectivity index (χ2n) is 13.2. The Hall–Kier alpha value is -6.89. The van der Waals surface area contributed by atoms with Gasteiger partial charge in [0.1, 0.15) is 0 Å². The Morgan fingerprint density at radius 2 is 0.824 bits per heavy atom. The number of nitrogens with zero attached hydrogens (tertiary/aromatic N) is 3. The van der Waals surface area contributed by atoms with Gasteiger partial charge >= 0.3 is 0 Å². The topological polar surface area (TPSA) is 49.6 Å². The Balaban J connectivity index is 1.28. The van der Waals surface area contributed by atoms with Crippen molar-refractivity contribution < 1.29 is 0 Å². The third kappa shape index (κ3) is 4.30. The zero-order valence-electron chi connectivity index (χ0n) is 27.6. The van der Waals surface area contributed by atoms with Gasteiger partial charge in [0.05, 0.1) is 28.4 Å². The molecule has 2 aliphatic rings. The van der Waals surface area contributed by atoms with Crippen LogP contribution >= 0.6 is 0 Å². The maximum absolute atomic E-state index is 9.44. The summed E-state index contributed by atoms with van der Waals surface area (Å²) in [6.07, 6.45) is 0. The number of benzene rings is 7. The molecule has 1 heterocycles. The van der Waals surface area contributed by atoms with E-state index in [4.69, 9.17) is 9.97 Å². The predicted molar refractivity (Wildman–Crippen MR) is 205 cm³/mol. The van der Waals surface area contributed by atoms with Gasteiger partial charge in [-0.15, -0.1) is 0 Å². The van der Waals surface area contributed by atoms with E-state index in [1.807, 2.05) is 54.6 Å². The van der Waals surface area contributed by atoms with Crippen LogP contribution in [0.15, 0.2) is 176 Å². The standard InChI is InChI=1S/C48H29N3/c49-30-31-22-24-32(25-23-31)45-29-46(51-47(50-45)33-12-2-1-3-13-33)34-26-27-44-40(28-34)36-15-5-4-14-35(36)37-16-6-9-19-41(37)48(44)42-20-10-7-17-38(42)39-18-8-11-21-43(39)48/h1-29H. The van der Waals surface area contributed by atoms with Crippen molar-refractivity contribution in [1.82, 2.24) is 9.97 Å². The lowest BCUT2D eigenvalue weighted by atomic mass is 9.66. The van der Waals surface area contributed by atoms with Crippen LogP contribution < -0.4 is 0 Å². The Kier molecular flexibility index (Phi) is 6.46. The number of hydrogen-bond acceptors (Lipinski definition) is 3. The zero-order valence-corrected chi connectivity index (χ0v) is 27.6. The molecule has 2 aliphatic carbocycles. The minimum Gasteiger partial charge on any atom is -0.228 e. The monoisotopic (exact) mass is 647 g/mol. The van der Waals surface area contributed by atoms with Crippen LogP contribution in [0.1, 0.15) is 27.8 Å². The maximum atomic E-state index is 9.44. The van der Waals surface area contributed by atoms with Crippen molar-refractivity contribution in [3.63, 3.8) is 0 Å². The number of aromatic nitrogens is 2. The number of nitriles is 1. The number of rotatable bonds is 3. The summed E-state index contributed by atoms with van der Waals surface area (Å²) in [5.41, 5.74) is 17.2. The van der Waals surface area contributed by atoms with Gasteiger partial charge in [-0.3, -0.25) is 0 Å². The van der Waals surface area contributed by atoms with Crippen LogP contribution in [0.3, 0.4) is 0 Å². The summed E-state index contributed by atoms with van der Waals surface area (Å²) in [6.45, 7) is 0. The summed E-state index contributed by atoms with van der Waals surface area (Å²) < 4.78 is 0. The molecule has 0 N–H and O–H groups in total. The van der Waals surface area contributed by atoms with Gasteiger partial charge in [-0.25, -0.2) is 9.97 Å². The van der Waals surface area contributed by atoms with Gasteiger partial charge in [0.25, 0.3) is 0 Å². The molecule has 3 nitrogen and oxygen atoms in total. The third-order valence-corrected chi connectivity index (χ3v) is 10.6. The normalized spacial score (nSPS) is 12.8. The first kappa shape index (κ1) is 29.1. The molecule has 0 atom stereocenters. The van der Waals surface area contributed by atoms with Crippen molar-refractivity contribution in [2.75, 3.05) is 0 Å². The summed E-state index contributed by atoms with van der Waals surface area (Å²) >= 11 is 0. The minimum absolute atomic E-state index is 0.523. The molecule has 0 bridgehead atoms. The lowest BCUT2D eigenvalue weighted by molar-refractivity contribution is 0.775. The van der Waals surface area contributed by atoms with E-state index in [1.165, 1.54) is 55.6 Å². The van der Waals surface area contributed by atoms with Crippen molar-refractivity contribution >= 4 is 0 Å². The molecule has 8 aromatic rings. The zero-order chi connectivity index (χ0) is 33.9. The summed E-state index contributed by atoms with van der Waals surface area (Å²) in [6, 6.07) is 64.6. The second kappa shape index (κ2) is 11.3. The Morgan fingerprint density at radius 3 is 1.41 bits per heavy atom. The van der Waals surface area contributed by atoms with E-state index in [0.29, 0.717) is 11.4 Å². The average Bonchev–Trinajstić information content (AvgIpc) is 3.46. The van der Waals surface area contributed by atoms with Crippen LogP contribution in [0.4, 0.5) is 0 Å². The highest BCUT2D eigenvalue weighted by atomic mass is 14.9. The molecule has 1 spiro atoms. The fraction of sp³-hybridized carbons (Fsp3) is 0.0208. The van der Waals surface area contributed by atoms with Gasteiger partial charge in [-0.1, -0.05) is 152 Å². The summed E-state index contributed by atoms with van der Waals surface area (Å²) in [7, 11) is 0. The Labute approximate surface area is 296 Å². The number of fused-ring (bicyclic) bond motifs is 12. The van der Waals surface area contributed by atoms with Crippen LogP contribution in [0.25, 0.3) is 67.3 Å². The van der Waals surface area contributed by atoms with E-state index < -0.39 is 5.41 Å². The molecule has 51 heavy (non-hydrogen) atoms. The van der Waals surface area contributed by atoms with Crippen LogP contribution in [-0.2, 0) is 5.41 Å². The van der Waals surface area contributed by atoms with Crippen LogP contribution in [0, 0.1) is 11.3 Å². The molecule has 3 heteroatoms. The largest absolute Gasteiger partial charge is 0.228 e. The van der Waals surface area contributed by atoms with E-state index in [2.05, 4.69) is 127 Å². The molecule has 236 valence electrons. The second-order valence-corrected chi connectivity index (χ2v) is 13.2. The fourth-order valence-electron chi connectivity index (χ4n) is 8.39. The third-order valence-electron chi connectivity index (χ3n) is 10.6. The van der Waals surface area contributed by atoms with Gasteiger partial charge in [-0.05, 0) is 79.9 Å². The summed E-state index contributed by atoms with van der Waals surface area (Å²) in [4.78, 5) is 10.2. The molecule has 0 unspecified atom stereocenters. The van der Waals surface area contributed by atoms with E-state index in [0.717, 1.165) is 28.1 Å². The Morgan fingerprint density at radius 1 is 0.373 bits per heavy atom. The number of hydrogen-bond donors (Lipinski definition) is 0. The minimum atomic E-state index is -0.523. The molecule has 7 aromatic carbocycles. The summed E-state index contributed by atoms with van der Waals surface area (Å²) in [5, 5.41) is 9.44. The SMILES string of the molecule is N#Cc1ccc(-c2cc(-c3ccc4c(c3)-c3ccccc3-c3ccccc3C43c4ccccc4-c4ccccc43)nc(-c3ccccc3)n2)cc1. The fourth-order valence-corrected chi connectivity index (χ4v) is 8.39. The summed E-state index contributed by atoms with van der Waals surface area (Å²) in [5.74, 6) is 0.658. The predicted octanol–water partition coefficient (Wildman–Crippen LogP) is 11.4. The van der Waals surface area contributed by atoms with Gasteiger partial charge in [-0.2, -0.15) is 5.26 Å². The maximum Gasteiger partial charge on any atom is 0.160 e. The van der Waals surface area contributed by atoms with Gasteiger partial charge in [0.2, 0.25) is 0 Å². The molecule has 0 saturated heterocycles. The van der Waals surface area contributed by atoms with Crippen molar-refractivity contribution in [2.24, 2.45) is 0 Å². The smallest absolute Gasteiger partial charge is 0.160 e. The first-order chi connectivity index (χ1) is 25.2. The quantitative estimate of drug-likeness (QED) is 0.192. The molecular weight excluding hydrogens is 619 g/mol. The molecule has 0 fully saturated rings. The van der Waals surface area contributed by atoms with Crippen LogP contribution in [0.5, 0.6) is 0 Å². The van der Waals surface area contributed by atoms with E-state index in [9.17, 15) is 5.26 Å². The lowest BCUT2D eigenvalue weighted by Crippen LogP contribution is -2.29. The first-order valence-corrected chi connectivity index (χ1v) is 17.2.